The van der Waals surface area contributed by atoms with Crippen molar-refractivity contribution in [2.24, 2.45) is 0 Å². The first kappa shape index (κ1) is 22.6. The minimum Gasteiger partial charge on any atom is -0.490 e. The fourth-order valence-corrected chi connectivity index (χ4v) is 4.76. The first-order chi connectivity index (χ1) is 15.1. The summed E-state index contributed by atoms with van der Waals surface area (Å²) in [6.45, 7) is 4.15. The highest BCUT2D eigenvalue weighted by Gasteiger charge is 2.21. The van der Waals surface area contributed by atoms with Crippen LogP contribution in [0.2, 0.25) is 0 Å². The van der Waals surface area contributed by atoms with Gasteiger partial charge in [-0.25, -0.2) is 4.79 Å². The van der Waals surface area contributed by atoms with E-state index in [9.17, 15) is 14.9 Å². The number of rotatable bonds is 8. The lowest BCUT2D eigenvalue weighted by atomic mass is 10.1. The molecule has 7 nitrogen and oxygen atoms in total. The van der Waals surface area contributed by atoms with Gasteiger partial charge in [0.15, 0.2) is 18.1 Å². The van der Waals surface area contributed by atoms with E-state index in [1.807, 2.05) is 13.8 Å². The molecular formula is C23H26N2O5S. The molecule has 3 rings (SSSR count). The van der Waals surface area contributed by atoms with Crippen LogP contribution in [0.1, 0.15) is 59.5 Å². The van der Waals surface area contributed by atoms with Gasteiger partial charge in [0.05, 0.1) is 24.3 Å². The Morgan fingerprint density at radius 2 is 1.84 bits per heavy atom. The zero-order valence-corrected chi connectivity index (χ0v) is 18.6. The molecule has 164 valence electrons. The number of benzene rings is 1. The molecule has 0 saturated carbocycles. The maximum atomic E-state index is 12.4. The monoisotopic (exact) mass is 442 g/mol. The fraction of sp³-hybridized carbons (Fsp3) is 0.435. The van der Waals surface area contributed by atoms with Gasteiger partial charge in [-0.05, 0) is 63.3 Å². The van der Waals surface area contributed by atoms with Crippen LogP contribution in [0.3, 0.4) is 0 Å². The molecule has 1 amide bonds. The smallest absolute Gasteiger partial charge is 0.338 e. The molecule has 0 atom stereocenters. The number of aryl methyl sites for hydroxylation is 1. The van der Waals surface area contributed by atoms with Gasteiger partial charge in [-0.15, -0.1) is 11.3 Å². The number of nitrogens with one attached hydrogen (secondary N) is 1. The summed E-state index contributed by atoms with van der Waals surface area (Å²) in [6, 6.07) is 6.97. The molecule has 0 spiro atoms. The summed E-state index contributed by atoms with van der Waals surface area (Å²) >= 11 is 1.45. The summed E-state index contributed by atoms with van der Waals surface area (Å²) in [5.41, 5.74) is 1.85. The van der Waals surface area contributed by atoms with E-state index in [1.54, 1.807) is 18.2 Å². The molecule has 31 heavy (non-hydrogen) atoms. The van der Waals surface area contributed by atoms with Crippen LogP contribution >= 0.6 is 11.3 Å². The molecule has 1 aliphatic carbocycles. The lowest BCUT2D eigenvalue weighted by Crippen LogP contribution is -2.21. The highest BCUT2D eigenvalue weighted by atomic mass is 32.1. The number of carbonyl (C=O) groups excluding carboxylic acids is 2. The van der Waals surface area contributed by atoms with Gasteiger partial charge in [0.25, 0.3) is 5.91 Å². The summed E-state index contributed by atoms with van der Waals surface area (Å²) in [5.74, 6) is -0.124. The number of ether oxygens (including phenoxy) is 3. The first-order valence-electron chi connectivity index (χ1n) is 10.5. The molecule has 0 radical (unpaired) electrons. The van der Waals surface area contributed by atoms with Gasteiger partial charge in [0.1, 0.15) is 11.1 Å². The van der Waals surface area contributed by atoms with E-state index in [1.165, 1.54) is 16.2 Å². The van der Waals surface area contributed by atoms with Crippen molar-refractivity contribution in [3.05, 3.63) is 39.8 Å². The number of hydrogen-bond donors (Lipinski definition) is 1. The van der Waals surface area contributed by atoms with E-state index in [0.717, 1.165) is 37.7 Å². The van der Waals surface area contributed by atoms with Crippen LogP contribution < -0.4 is 14.8 Å². The molecule has 1 aliphatic rings. The van der Waals surface area contributed by atoms with Crippen molar-refractivity contribution in [2.45, 2.75) is 46.0 Å². The second kappa shape index (κ2) is 10.8. The highest BCUT2D eigenvalue weighted by Crippen LogP contribution is 2.37. The van der Waals surface area contributed by atoms with Crippen LogP contribution in [0, 0.1) is 11.3 Å². The Morgan fingerprint density at radius 1 is 1.10 bits per heavy atom. The second-order valence-electron chi connectivity index (χ2n) is 7.03. The Labute approximate surface area is 185 Å². The molecule has 1 N–H and O–H groups in total. The van der Waals surface area contributed by atoms with Gasteiger partial charge in [0, 0.05) is 4.88 Å². The molecule has 0 unspecified atom stereocenters. The standard InChI is InChI=1S/C23H26N2O5S/c1-3-28-18-11-10-15(12-19(18)29-4-2)23(27)30-14-21(26)25-22-17(13-24)16-8-6-5-7-9-20(16)31-22/h10-12H,3-9,14H2,1-2H3,(H,25,26). The summed E-state index contributed by atoms with van der Waals surface area (Å²) in [5, 5.41) is 12.8. The van der Waals surface area contributed by atoms with E-state index in [-0.39, 0.29) is 5.56 Å². The van der Waals surface area contributed by atoms with Crippen molar-refractivity contribution in [3.8, 4) is 17.6 Å². The number of esters is 1. The fourth-order valence-electron chi connectivity index (χ4n) is 3.50. The number of amides is 1. The molecule has 0 bridgehead atoms. The maximum absolute atomic E-state index is 12.4. The highest BCUT2D eigenvalue weighted by molar-refractivity contribution is 7.16. The Balaban J connectivity index is 1.63. The van der Waals surface area contributed by atoms with Crippen molar-refractivity contribution in [3.63, 3.8) is 0 Å². The summed E-state index contributed by atoms with van der Waals surface area (Å²) in [6.07, 6.45) is 5.09. The molecule has 1 aromatic heterocycles. The minimum atomic E-state index is -0.637. The third-order valence-electron chi connectivity index (χ3n) is 4.90. The Morgan fingerprint density at radius 3 is 2.58 bits per heavy atom. The molecule has 1 heterocycles. The predicted molar refractivity (Wildman–Crippen MR) is 118 cm³/mol. The Bertz CT molecular complexity index is 993. The van der Waals surface area contributed by atoms with Gasteiger partial charge in [-0.1, -0.05) is 6.42 Å². The van der Waals surface area contributed by atoms with E-state index in [0.29, 0.717) is 35.3 Å². The number of thiophene rings is 1. The first-order valence-corrected chi connectivity index (χ1v) is 11.3. The third-order valence-corrected chi connectivity index (χ3v) is 6.11. The number of nitrogens with zero attached hydrogens (tertiary/aromatic N) is 1. The summed E-state index contributed by atoms with van der Waals surface area (Å²) < 4.78 is 16.2. The minimum absolute atomic E-state index is 0.264. The van der Waals surface area contributed by atoms with Crippen molar-refractivity contribution in [1.29, 1.82) is 5.26 Å². The Kier molecular flexibility index (Phi) is 7.90. The van der Waals surface area contributed by atoms with E-state index in [2.05, 4.69) is 11.4 Å². The average molecular weight is 443 g/mol. The van der Waals surface area contributed by atoms with Gasteiger partial charge in [0.2, 0.25) is 0 Å². The number of fused-ring (bicyclic) bond motifs is 1. The van der Waals surface area contributed by atoms with E-state index >= 15 is 0 Å². The molecule has 8 heteroatoms. The van der Waals surface area contributed by atoms with Crippen molar-refractivity contribution < 1.29 is 23.8 Å². The molecule has 0 saturated heterocycles. The number of hydrogen-bond acceptors (Lipinski definition) is 7. The quantitative estimate of drug-likeness (QED) is 0.478. The van der Waals surface area contributed by atoms with Gasteiger partial charge in [-0.3, -0.25) is 4.79 Å². The van der Waals surface area contributed by atoms with Crippen LogP contribution in [-0.4, -0.2) is 31.7 Å². The number of nitriles is 1. The summed E-state index contributed by atoms with van der Waals surface area (Å²) in [7, 11) is 0. The molecule has 1 aromatic carbocycles. The van der Waals surface area contributed by atoms with Crippen LogP contribution in [-0.2, 0) is 22.4 Å². The summed E-state index contributed by atoms with van der Waals surface area (Å²) in [4.78, 5) is 25.9. The molecular weight excluding hydrogens is 416 g/mol. The van der Waals surface area contributed by atoms with E-state index < -0.39 is 18.5 Å². The lowest BCUT2D eigenvalue weighted by molar-refractivity contribution is -0.119. The largest absolute Gasteiger partial charge is 0.490 e. The van der Waals surface area contributed by atoms with Crippen LogP contribution in [0.5, 0.6) is 11.5 Å². The van der Waals surface area contributed by atoms with Gasteiger partial charge in [-0.2, -0.15) is 5.26 Å². The zero-order chi connectivity index (χ0) is 22.2. The molecule has 0 fully saturated rings. The van der Waals surface area contributed by atoms with Gasteiger partial charge < -0.3 is 19.5 Å². The second-order valence-corrected chi connectivity index (χ2v) is 8.14. The molecule has 0 aliphatic heterocycles. The molecule has 2 aromatic rings. The maximum Gasteiger partial charge on any atom is 0.338 e. The van der Waals surface area contributed by atoms with Crippen LogP contribution in [0.15, 0.2) is 18.2 Å². The topological polar surface area (TPSA) is 97.6 Å². The SMILES string of the molecule is CCOc1ccc(C(=O)OCC(=O)Nc2sc3c(c2C#N)CCCCC3)cc1OCC. The number of anilines is 1. The van der Waals surface area contributed by atoms with Crippen molar-refractivity contribution in [2.75, 3.05) is 25.1 Å². The Hall–Kier alpha value is -3.05. The van der Waals surface area contributed by atoms with Crippen molar-refractivity contribution >= 4 is 28.2 Å². The average Bonchev–Trinajstić information content (AvgIpc) is 2.92. The number of carbonyl (C=O) groups is 2. The third kappa shape index (κ3) is 5.56. The van der Waals surface area contributed by atoms with Gasteiger partial charge >= 0.3 is 5.97 Å². The van der Waals surface area contributed by atoms with E-state index in [4.69, 9.17) is 14.2 Å². The predicted octanol–water partition coefficient (Wildman–Crippen LogP) is 4.48. The van der Waals surface area contributed by atoms with Crippen molar-refractivity contribution in [1.82, 2.24) is 0 Å². The lowest BCUT2D eigenvalue weighted by Gasteiger charge is -2.12. The van der Waals surface area contributed by atoms with Crippen LogP contribution in [0.25, 0.3) is 0 Å². The normalized spacial score (nSPS) is 12.8. The zero-order valence-electron chi connectivity index (χ0n) is 17.8. The van der Waals surface area contributed by atoms with Crippen LogP contribution in [0.4, 0.5) is 5.00 Å².